The van der Waals surface area contributed by atoms with E-state index in [1.807, 2.05) is 35.9 Å². The molecule has 2 aromatic rings. The number of hydrogen-bond acceptors (Lipinski definition) is 4. The van der Waals surface area contributed by atoms with E-state index >= 15 is 0 Å². The predicted molar refractivity (Wildman–Crippen MR) is 71.2 cm³/mol. The van der Waals surface area contributed by atoms with E-state index in [9.17, 15) is 4.79 Å². The SMILES string of the molecule is Cc1cn2cccc(NC(=O)C3COCCN3)c2n1. The molecule has 1 amide bonds. The quantitative estimate of drug-likeness (QED) is 0.828. The highest BCUT2D eigenvalue weighted by Gasteiger charge is 2.21. The molecule has 6 nitrogen and oxygen atoms in total. The summed E-state index contributed by atoms with van der Waals surface area (Å²) >= 11 is 0. The summed E-state index contributed by atoms with van der Waals surface area (Å²) < 4.78 is 7.19. The second-order valence-electron chi connectivity index (χ2n) is 4.61. The van der Waals surface area contributed by atoms with Crippen molar-refractivity contribution in [3.8, 4) is 0 Å². The van der Waals surface area contributed by atoms with Gasteiger partial charge in [-0.05, 0) is 19.1 Å². The number of aromatic nitrogens is 2. The lowest BCUT2D eigenvalue weighted by Crippen LogP contribution is -2.48. The molecule has 1 saturated heterocycles. The Morgan fingerprint density at radius 2 is 2.53 bits per heavy atom. The number of amides is 1. The average molecular weight is 260 g/mol. The van der Waals surface area contributed by atoms with Crippen LogP contribution in [-0.2, 0) is 9.53 Å². The molecular formula is C13H16N4O2. The molecule has 3 rings (SSSR count). The predicted octanol–water partition coefficient (Wildman–Crippen LogP) is 0.570. The van der Waals surface area contributed by atoms with Gasteiger partial charge in [0.1, 0.15) is 6.04 Å². The molecule has 1 aliphatic heterocycles. The molecule has 0 aromatic carbocycles. The summed E-state index contributed by atoms with van der Waals surface area (Å²) in [5, 5.41) is 6.03. The van der Waals surface area contributed by atoms with Gasteiger partial charge in [0.2, 0.25) is 5.91 Å². The molecule has 0 aliphatic carbocycles. The fourth-order valence-electron chi connectivity index (χ4n) is 2.19. The zero-order chi connectivity index (χ0) is 13.2. The van der Waals surface area contributed by atoms with Crippen molar-refractivity contribution in [2.75, 3.05) is 25.1 Å². The maximum Gasteiger partial charge on any atom is 0.244 e. The molecule has 1 atom stereocenters. The molecule has 0 radical (unpaired) electrons. The van der Waals surface area contributed by atoms with Gasteiger partial charge in [0, 0.05) is 18.9 Å². The molecule has 2 N–H and O–H groups in total. The number of fused-ring (bicyclic) bond motifs is 1. The Bertz CT molecular complexity index is 602. The van der Waals surface area contributed by atoms with Gasteiger partial charge in [-0.3, -0.25) is 4.79 Å². The lowest BCUT2D eigenvalue weighted by molar-refractivity contribution is -0.120. The van der Waals surface area contributed by atoms with Crippen LogP contribution in [0.3, 0.4) is 0 Å². The first-order valence-corrected chi connectivity index (χ1v) is 6.30. The van der Waals surface area contributed by atoms with Gasteiger partial charge in [-0.1, -0.05) is 0 Å². The number of carbonyl (C=O) groups excluding carboxylic acids is 1. The van der Waals surface area contributed by atoms with Crippen molar-refractivity contribution in [3.05, 3.63) is 30.2 Å². The number of hydrogen-bond donors (Lipinski definition) is 2. The van der Waals surface area contributed by atoms with E-state index in [1.54, 1.807) is 0 Å². The summed E-state index contributed by atoms with van der Waals surface area (Å²) in [7, 11) is 0. The van der Waals surface area contributed by atoms with Gasteiger partial charge >= 0.3 is 0 Å². The molecule has 0 saturated carbocycles. The molecule has 2 aromatic heterocycles. The Morgan fingerprint density at radius 1 is 1.63 bits per heavy atom. The van der Waals surface area contributed by atoms with Crippen LogP contribution in [0.5, 0.6) is 0 Å². The third-order valence-corrected chi connectivity index (χ3v) is 3.10. The third-order valence-electron chi connectivity index (χ3n) is 3.10. The zero-order valence-electron chi connectivity index (χ0n) is 10.7. The number of pyridine rings is 1. The van der Waals surface area contributed by atoms with Gasteiger partial charge in [0.05, 0.1) is 24.6 Å². The monoisotopic (exact) mass is 260 g/mol. The van der Waals surface area contributed by atoms with Crippen LogP contribution < -0.4 is 10.6 Å². The first-order valence-electron chi connectivity index (χ1n) is 6.30. The van der Waals surface area contributed by atoms with E-state index in [0.29, 0.717) is 25.4 Å². The maximum absolute atomic E-state index is 12.1. The van der Waals surface area contributed by atoms with Crippen LogP contribution in [-0.4, -0.2) is 41.1 Å². The first kappa shape index (κ1) is 12.1. The van der Waals surface area contributed by atoms with Crippen molar-refractivity contribution in [2.24, 2.45) is 0 Å². The van der Waals surface area contributed by atoms with Gasteiger partial charge in [0.25, 0.3) is 0 Å². The summed E-state index contributed by atoms with van der Waals surface area (Å²) in [6.07, 6.45) is 3.83. The lowest BCUT2D eigenvalue weighted by atomic mass is 10.2. The van der Waals surface area contributed by atoms with Gasteiger partial charge in [-0.15, -0.1) is 0 Å². The summed E-state index contributed by atoms with van der Waals surface area (Å²) in [5.74, 6) is -0.0894. The van der Waals surface area contributed by atoms with E-state index in [2.05, 4.69) is 15.6 Å². The van der Waals surface area contributed by atoms with Gasteiger partial charge in [0.15, 0.2) is 5.65 Å². The molecule has 0 spiro atoms. The molecular weight excluding hydrogens is 244 g/mol. The van der Waals surface area contributed by atoms with Crippen LogP contribution >= 0.6 is 0 Å². The number of morpholine rings is 1. The van der Waals surface area contributed by atoms with E-state index in [-0.39, 0.29) is 11.9 Å². The van der Waals surface area contributed by atoms with Crippen molar-refractivity contribution in [1.29, 1.82) is 0 Å². The minimum absolute atomic E-state index is 0.0894. The number of anilines is 1. The van der Waals surface area contributed by atoms with Crippen molar-refractivity contribution >= 4 is 17.2 Å². The molecule has 100 valence electrons. The van der Waals surface area contributed by atoms with Crippen LogP contribution in [0, 0.1) is 6.92 Å². The zero-order valence-corrected chi connectivity index (χ0v) is 10.7. The number of nitrogens with zero attached hydrogens (tertiary/aromatic N) is 2. The molecule has 1 unspecified atom stereocenters. The Morgan fingerprint density at radius 3 is 3.32 bits per heavy atom. The van der Waals surface area contributed by atoms with Crippen molar-refractivity contribution in [1.82, 2.24) is 14.7 Å². The fourth-order valence-corrected chi connectivity index (χ4v) is 2.19. The standard InChI is InChI=1S/C13H16N4O2/c1-9-7-17-5-2-3-10(12(17)15-9)16-13(18)11-8-19-6-4-14-11/h2-3,5,7,11,14H,4,6,8H2,1H3,(H,16,18). The number of nitrogens with one attached hydrogen (secondary N) is 2. The van der Waals surface area contributed by atoms with Crippen molar-refractivity contribution < 1.29 is 9.53 Å². The minimum Gasteiger partial charge on any atom is -0.378 e. The number of imidazole rings is 1. The lowest BCUT2D eigenvalue weighted by Gasteiger charge is -2.22. The maximum atomic E-state index is 12.1. The van der Waals surface area contributed by atoms with Crippen LogP contribution in [0.15, 0.2) is 24.5 Å². The Hall–Kier alpha value is -1.92. The number of aryl methyl sites for hydroxylation is 1. The number of rotatable bonds is 2. The summed E-state index contributed by atoms with van der Waals surface area (Å²) in [5.41, 5.74) is 2.39. The van der Waals surface area contributed by atoms with E-state index in [1.165, 1.54) is 0 Å². The smallest absolute Gasteiger partial charge is 0.244 e. The van der Waals surface area contributed by atoms with Crippen LogP contribution in [0.25, 0.3) is 5.65 Å². The second-order valence-corrected chi connectivity index (χ2v) is 4.61. The summed E-state index contributed by atoms with van der Waals surface area (Å²) in [6.45, 7) is 3.68. The number of carbonyl (C=O) groups is 1. The first-order chi connectivity index (χ1) is 9.24. The number of ether oxygens (including phenoxy) is 1. The van der Waals surface area contributed by atoms with Crippen molar-refractivity contribution in [2.45, 2.75) is 13.0 Å². The highest BCUT2D eigenvalue weighted by Crippen LogP contribution is 2.16. The topological polar surface area (TPSA) is 67.7 Å². The van der Waals surface area contributed by atoms with Crippen LogP contribution in [0.4, 0.5) is 5.69 Å². The fraction of sp³-hybridized carbons (Fsp3) is 0.385. The van der Waals surface area contributed by atoms with Gasteiger partial charge < -0.3 is 19.8 Å². The van der Waals surface area contributed by atoms with Crippen LogP contribution in [0.1, 0.15) is 5.69 Å². The van der Waals surface area contributed by atoms with E-state index in [4.69, 9.17) is 4.74 Å². The normalized spacial score (nSPS) is 19.5. The Kier molecular flexibility index (Phi) is 3.18. The summed E-state index contributed by atoms with van der Waals surface area (Å²) in [4.78, 5) is 16.5. The average Bonchev–Trinajstić information content (AvgIpc) is 2.81. The molecule has 1 aliphatic rings. The molecule has 6 heteroatoms. The molecule has 1 fully saturated rings. The highest BCUT2D eigenvalue weighted by molar-refractivity contribution is 5.97. The molecule has 19 heavy (non-hydrogen) atoms. The summed E-state index contributed by atoms with van der Waals surface area (Å²) in [6, 6.07) is 3.43. The Balaban J connectivity index is 1.82. The van der Waals surface area contributed by atoms with Crippen molar-refractivity contribution in [3.63, 3.8) is 0 Å². The van der Waals surface area contributed by atoms with Gasteiger partial charge in [-0.2, -0.15) is 0 Å². The van der Waals surface area contributed by atoms with Crippen LogP contribution in [0.2, 0.25) is 0 Å². The highest BCUT2D eigenvalue weighted by atomic mass is 16.5. The largest absolute Gasteiger partial charge is 0.378 e. The second kappa shape index (κ2) is 4.99. The Labute approximate surface area is 110 Å². The molecule has 0 bridgehead atoms. The van der Waals surface area contributed by atoms with E-state index < -0.39 is 0 Å². The van der Waals surface area contributed by atoms with E-state index in [0.717, 1.165) is 11.3 Å². The van der Waals surface area contributed by atoms with Gasteiger partial charge in [-0.25, -0.2) is 4.98 Å². The molecule has 3 heterocycles. The minimum atomic E-state index is -0.301. The third kappa shape index (κ3) is 2.45.